The molecule has 2 aromatic heterocycles. The van der Waals surface area contributed by atoms with Crippen molar-refractivity contribution in [1.82, 2.24) is 5.16 Å². The summed E-state index contributed by atoms with van der Waals surface area (Å²) >= 11 is 0.996. The van der Waals surface area contributed by atoms with Crippen LogP contribution in [-0.4, -0.2) is 22.1 Å². The lowest BCUT2D eigenvalue weighted by atomic mass is 10.2. The lowest BCUT2D eigenvalue weighted by Crippen LogP contribution is -2.12. The summed E-state index contributed by atoms with van der Waals surface area (Å²) in [5, 5.41) is 15.6. The number of hydrogen-bond acceptors (Lipinski definition) is 5. The molecule has 0 spiro atoms. The molecule has 0 saturated heterocycles. The van der Waals surface area contributed by atoms with Crippen LogP contribution in [-0.2, 0) is 0 Å². The van der Waals surface area contributed by atoms with Gasteiger partial charge in [0, 0.05) is 0 Å². The summed E-state index contributed by atoms with van der Waals surface area (Å²) < 4.78 is 4.90. The smallest absolute Gasteiger partial charge is 0.345 e. The van der Waals surface area contributed by atoms with Crippen molar-refractivity contribution in [3.05, 3.63) is 34.0 Å². The van der Waals surface area contributed by atoms with E-state index in [0.717, 1.165) is 11.3 Å². The Morgan fingerprint density at radius 2 is 2.11 bits per heavy atom. The first kappa shape index (κ1) is 12.3. The maximum absolute atomic E-state index is 11.9. The number of hydrogen-bond donors (Lipinski definition) is 2. The van der Waals surface area contributed by atoms with E-state index in [1.54, 1.807) is 19.9 Å². The number of nitrogens with one attached hydrogen (secondary N) is 1. The Morgan fingerprint density at radius 1 is 1.39 bits per heavy atom. The van der Waals surface area contributed by atoms with Crippen molar-refractivity contribution in [1.29, 1.82) is 0 Å². The number of carboxylic acid groups (broad SMARTS) is 1. The second-order valence-corrected chi connectivity index (χ2v) is 4.71. The van der Waals surface area contributed by atoms with E-state index in [1.165, 1.54) is 6.07 Å². The molecule has 0 fully saturated rings. The molecule has 0 atom stereocenters. The highest BCUT2D eigenvalue weighted by Crippen LogP contribution is 2.23. The summed E-state index contributed by atoms with van der Waals surface area (Å²) in [5.74, 6) is -0.942. The first-order chi connectivity index (χ1) is 8.49. The number of amides is 1. The largest absolute Gasteiger partial charge is 0.477 e. The first-order valence-corrected chi connectivity index (χ1v) is 5.88. The van der Waals surface area contributed by atoms with Gasteiger partial charge < -0.3 is 14.9 Å². The summed E-state index contributed by atoms with van der Waals surface area (Å²) in [5.41, 5.74) is 0.875. The maximum atomic E-state index is 11.9. The Kier molecular flexibility index (Phi) is 3.15. The van der Waals surface area contributed by atoms with E-state index in [1.807, 2.05) is 0 Å². The molecule has 0 aliphatic rings. The number of rotatable bonds is 3. The van der Waals surface area contributed by atoms with Crippen LogP contribution in [0.25, 0.3) is 0 Å². The number of anilines is 1. The van der Waals surface area contributed by atoms with Gasteiger partial charge in [0.05, 0.1) is 10.7 Å². The average Bonchev–Trinajstić information content (AvgIpc) is 2.86. The van der Waals surface area contributed by atoms with Crippen LogP contribution in [0.2, 0.25) is 0 Å². The normalized spacial score (nSPS) is 10.3. The maximum Gasteiger partial charge on any atom is 0.345 e. The lowest BCUT2D eigenvalue weighted by Gasteiger charge is -2.00. The Balaban J connectivity index is 2.19. The fraction of sp³-hybridized carbons (Fsp3) is 0.182. The third kappa shape index (κ3) is 2.25. The zero-order valence-corrected chi connectivity index (χ0v) is 10.5. The molecule has 0 bridgehead atoms. The lowest BCUT2D eigenvalue weighted by molar-refractivity contribution is 0.0702. The fourth-order valence-corrected chi connectivity index (χ4v) is 2.24. The number of aromatic carboxylic acids is 1. The summed E-state index contributed by atoms with van der Waals surface area (Å²) in [6.45, 7) is 3.31. The van der Waals surface area contributed by atoms with Gasteiger partial charge >= 0.3 is 5.97 Å². The van der Waals surface area contributed by atoms with E-state index in [9.17, 15) is 9.59 Å². The molecular formula is C11H10N2O4S. The molecule has 0 aliphatic heterocycles. The van der Waals surface area contributed by atoms with Crippen molar-refractivity contribution >= 4 is 28.2 Å². The molecule has 7 heteroatoms. The van der Waals surface area contributed by atoms with E-state index in [-0.39, 0.29) is 10.8 Å². The van der Waals surface area contributed by atoms with Crippen LogP contribution < -0.4 is 5.32 Å². The van der Waals surface area contributed by atoms with Gasteiger partial charge in [0.15, 0.2) is 0 Å². The number of carbonyl (C=O) groups excluding carboxylic acids is 1. The van der Waals surface area contributed by atoms with Crippen molar-refractivity contribution in [3.63, 3.8) is 0 Å². The highest BCUT2D eigenvalue weighted by Gasteiger charge is 2.18. The van der Waals surface area contributed by atoms with Gasteiger partial charge in [-0.1, -0.05) is 5.16 Å². The van der Waals surface area contributed by atoms with Crippen LogP contribution >= 0.6 is 11.3 Å². The highest BCUT2D eigenvalue weighted by molar-refractivity contribution is 7.18. The Bertz CT molecular complexity index is 595. The molecule has 2 aromatic rings. The molecule has 1 amide bonds. The summed E-state index contributed by atoms with van der Waals surface area (Å²) in [6, 6.07) is 2.99. The topological polar surface area (TPSA) is 92.4 Å². The van der Waals surface area contributed by atoms with Gasteiger partial charge in [0.2, 0.25) is 0 Å². The predicted octanol–water partition coefficient (Wildman–Crippen LogP) is 2.30. The van der Waals surface area contributed by atoms with Crippen LogP contribution in [0, 0.1) is 13.8 Å². The number of thiophene rings is 1. The summed E-state index contributed by atoms with van der Waals surface area (Å²) in [4.78, 5) is 22.8. The Labute approximate surface area is 106 Å². The third-order valence-electron chi connectivity index (χ3n) is 2.31. The van der Waals surface area contributed by atoms with Crippen molar-refractivity contribution in [2.24, 2.45) is 0 Å². The van der Waals surface area contributed by atoms with Gasteiger partial charge in [-0.25, -0.2) is 4.79 Å². The quantitative estimate of drug-likeness (QED) is 0.889. The summed E-state index contributed by atoms with van der Waals surface area (Å²) in [6.07, 6.45) is 0. The van der Waals surface area contributed by atoms with Crippen LogP contribution in [0.1, 0.15) is 31.5 Å². The van der Waals surface area contributed by atoms with Crippen molar-refractivity contribution < 1.29 is 19.2 Å². The van der Waals surface area contributed by atoms with E-state index in [4.69, 9.17) is 9.63 Å². The molecule has 18 heavy (non-hydrogen) atoms. The monoisotopic (exact) mass is 266 g/mol. The van der Waals surface area contributed by atoms with E-state index >= 15 is 0 Å². The molecule has 94 valence electrons. The van der Waals surface area contributed by atoms with Gasteiger partial charge in [-0.2, -0.15) is 0 Å². The van der Waals surface area contributed by atoms with Gasteiger partial charge in [-0.15, -0.1) is 11.3 Å². The highest BCUT2D eigenvalue weighted by atomic mass is 32.1. The minimum Gasteiger partial charge on any atom is -0.477 e. The second kappa shape index (κ2) is 4.61. The van der Waals surface area contributed by atoms with Crippen LogP contribution in [0.3, 0.4) is 0 Å². The zero-order valence-electron chi connectivity index (χ0n) is 9.68. The first-order valence-electron chi connectivity index (χ1n) is 5.06. The molecule has 0 saturated carbocycles. The molecule has 0 radical (unpaired) electrons. The minimum absolute atomic E-state index is 0.170. The van der Waals surface area contributed by atoms with Crippen LogP contribution in [0.15, 0.2) is 16.7 Å². The summed E-state index contributed by atoms with van der Waals surface area (Å²) in [7, 11) is 0. The Hall–Kier alpha value is -2.15. The molecule has 0 unspecified atom stereocenters. The second-order valence-electron chi connectivity index (χ2n) is 3.62. The fourth-order valence-electron chi connectivity index (χ4n) is 1.50. The van der Waals surface area contributed by atoms with Crippen molar-refractivity contribution in [2.75, 3.05) is 5.32 Å². The average molecular weight is 266 g/mol. The third-order valence-corrected chi connectivity index (χ3v) is 3.30. The van der Waals surface area contributed by atoms with E-state index < -0.39 is 5.97 Å². The Morgan fingerprint density at radius 3 is 2.61 bits per heavy atom. The van der Waals surface area contributed by atoms with Gasteiger partial charge in [-0.05, 0) is 26.0 Å². The molecule has 2 heterocycles. The molecule has 2 rings (SSSR count). The van der Waals surface area contributed by atoms with Gasteiger partial charge in [0.1, 0.15) is 16.2 Å². The molecule has 6 nitrogen and oxygen atoms in total. The van der Waals surface area contributed by atoms with Gasteiger partial charge in [0.25, 0.3) is 5.91 Å². The number of nitrogens with zero attached hydrogens (tertiary/aromatic N) is 1. The zero-order chi connectivity index (χ0) is 13.3. The molecule has 0 aromatic carbocycles. The van der Waals surface area contributed by atoms with Crippen molar-refractivity contribution in [3.8, 4) is 0 Å². The minimum atomic E-state index is -1.02. The van der Waals surface area contributed by atoms with E-state index in [2.05, 4.69) is 10.5 Å². The standard InChI is InChI=1S/C11H10N2O4S/c1-5-9(6(2)17-13-5)10(14)12-8-4-3-7(18-8)11(15)16/h3-4H,1-2H3,(H,12,14)(H,15,16). The number of aryl methyl sites for hydroxylation is 2. The number of aromatic nitrogens is 1. The molecule has 2 N–H and O–H groups in total. The van der Waals surface area contributed by atoms with Crippen LogP contribution in [0.5, 0.6) is 0 Å². The van der Waals surface area contributed by atoms with Crippen LogP contribution in [0.4, 0.5) is 5.00 Å². The van der Waals surface area contributed by atoms with E-state index in [0.29, 0.717) is 22.0 Å². The molecule has 0 aliphatic carbocycles. The number of carboxylic acids is 1. The van der Waals surface area contributed by atoms with Crippen molar-refractivity contribution in [2.45, 2.75) is 13.8 Å². The van der Waals surface area contributed by atoms with Gasteiger partial charge in [-0.3, -0.25) is 4.79 Å². The predicted molar refractivity (Wildman–Crippen MR) is 65.2 cm³/mol. The molecular weight excluding hydrogens is 256 g/mol. The number of carbonyl (C=O) groups is 2. The SMILES string of the molecule is Cc1noc(C)c1C(=O)Nc1ccc(C(=O)O)s1.